The second kappa shape index (κ2) is 7.23. The fraction of sp³-hybridized carbons (Fsp3) is 0.400. The minimum Gasteiger partial charge on any atom is -0.465 e. The van der Waals surface area contributed by atoms with E-state index in [0.717, 1.165) is 28.8 Å². The summed E-state index contributed by atoms with van der Waals surface area (Å²) in [5.41, 5.74) is 1.64. The van der Waals surface area contributed by atoms with E-state index in [1.807, 2.05) is 35.8 Å². The van der Waals surface area contributed by atoms with Gasteiger partial charge in [-0.05, 0) is 31.9 Å². The van der Waals surface area contributed by atoms with Crippen molar-refractivity contribution in [3.63, 3.8) is 0 Å². The van der Waals surface area contributed by atoms with Crippen LogP contribution in [0, 0.1) is 6.92 Å². The molecule has 3 heterocycles. The maximum Gasteiger partial charge on any atom is 0.333 e. The van der Waals surface area contributed by atoms with Crippen molar-refractivity contribution in [2.75, 3.05) is 18.1 Å². The highest BCUT2D eigenvalue weighted by atomic mass is 16.5. The summed E-state index contributed by atoms with van der Waals surface area (Å²) in [6.07, 6.45) is 0.826. The maximum absolute atomic E-state index is 13.1. The van der Waals surface area contributed by atoms with E-state index < -0.39 is 23.8 Å². The van der Waals surface area contributed by atoms with Gasteiger partial charge in [-0.3, -0.25) is 14.2 Å². The molecule has 0 atom stereocenters. The standard InChI is InChI=1S/C20H23N5O4/c1-4-29-15(26)12-25-18(27)16-17(22(3)20(25)28)21-19-23(10-7-11-24(16)19)14-9-6-5-8-13(14)2/h5-6,8-9H,4,7,10-12H2,1-3H3. The lowest BCUT2D eigenvalue weighted by atomic mass is 10.1. The van der Waals surface area contributed by atoms with Gasteiger partial charge in [0, 0.05) is 25.8 Å². The number of nitrogens with zero attached hydrogens (tertiary/aromatic N) is 5. The minimum absolute atomic E-state index is 0.184. The number of aromatic nitrogens is 4. The van der Waals surface area contributed by atoms with Gasteiger partial charge in [-0.15, -0.1) is 0 Å². The molecule has 0 unspecified atom stereocenters. The van der Waals surface area contributed by atoms with E-state index in [-0.39, 0.29) is 6.61 Å². The molecule has 9 nitrogen and oxygen atoms in total. The van der Waals surface area contributed by atoms with Crippen molar-refractivity contribution in [2.24, 2.45) is 7.05 Å². The van der Waals surface area contributed by atoms with Gasteiger partial charge in [-0.1, -0.05) is 18.2 Å². The van der Waals surface area contributed by atoms with Gasteiger partial charge in [0.1, 0.15) is 6.54 Å². The summed E-state index contributed by atoms with van der Waals surface area (Å²) in [5, 5.41) is 0. The van der Waals surface area contributed by atoms with Crippen molar-refractivity contribution >= 4 is 28.8 Å². The van der Waals surface area contributed by atoms with Gasteiger partial charge in [-0.25, -0.2) is 9.36 Å². The first-order valence-electron chi connectivity index (χ1n) is 9.63. The number of carbonyl (C=O) groups is 1. The predicted octanol–water partition coefficient (Wildman–Crippen LogP) is 1.31. The van der Waals surface area contributed by atoms with Crippen molar-refractivity contribution in [2.45, 2.75) is 33.4 Å². The van der Waals surface area contributed by atoms with Gasteiger partial charge < -0.3 is 14.2 Å². The average Bonchev–Trinajstić information content (AvgIpc) is 3.10. The molecule has 0 fully saturated rings. The Morgan fingerprint density at radius 2 is 1.97 bits per heavy atom. The molecular formula is C20H23N5O4. The minimum atomic E-state index is -0.619. The van der Waals surface area contributed by atoms with Crippen molar-refractivity contribution < 1.29 is 9.53 Å². The summed E-state index contributed by atoms with van der Waals surface area (Å²) in [7, 11) is 1.56. The van der Waals surface area contributed by atoms with Crippen molar-refractivity contribution in [1.82, 2.24) is 18.7 Å². The number of hydrogen-bond donors (Lipinski definition) is 0. The third-order valence-electron chi connectivity index (χ3n) is 5.22. The van der Waals surface area contributed by atoms with Crippen LogP contribution in [0.2, 0.25) is 0 Å². The first kappa shape index (κ1) is 19.0. The Morgan fingerprint density at radius 3 is 2.69 bits per heavy atom. The number of imidazole rings is 1. The fourth-order valence-corrected chi connectivity index (χ4v) is 3.83. The zero-order valence-electron chi connectivity index (χ0n) is 16.7. The molecule has 29 heavy (non-hydrogen) atoms. The zero-order valence-corrected chi connectivity index (χ0v) is 16.7. The summed E-state index contributed by atoms with van der Waals surface area (Å²) in [6.45, 7) is 4.84. The highest BCUT2D eigenvalue weighted by Gasteiger charge is 2.27. The Kier molecular flexibility index (Phi) is 4.73. The van der Waals surface area contributed by atoms with Crippen molar-refractivity contribution in [3.8, 4) is 0 Å². The quantitative estimate of drug-likeness (QED) is 0.617. The van der Waals surface area contributed by atoms with Crippen LogP contribution >= 0.6 is 0 Å². The normalized spacial score (nSPS) is 13.6. The number of carbonyl (C=O) groups excluding carboxylic acids is 1. The highest BCUT2D eigenvalue weighted by molar-refractivity contribution is 5.78. The van der Waals surface area contributed by atoms with Gasteiger partial charge in [-0.2, -0.15) is 4.98 Å². The lowest BCUT2D eigenvalue weighted by Gasteiger charge is -2.30. The molecule has 0 spiro atoms. The van der Waals surface area contributed by atoms with Crippen LogP contribution in [0.1, 0.15) is 18.9 Å². The third kappa shape index (κ3) is 3.02. The number of esters is 1. The van der Waals surface area contributed by atoms with E-state index in [1.165, 1.54) is 4.57 Å². The maximum atomic E-state index is 13.1. The predicted molar refractivity (Wildman–Crippen MR) is 109 cm³/mol. The molecule has 0 amide bonds. The van der Waals surface area contributed by atoms with E-state index in [9.17, 15) is 14.4 Å². The molecule has 0 saturated heterocycles. The van der Waals surface area contributed by atoms with E-state index in [1.54, 1.807) is 14.0 Å². The number of ether oxygens (including phenoxy) is 1. The zero-order chi connectivity index (χ0) is 20.7. The molecule has 0 N–H and O–H groups in total. The first-order chi connectivity index (χ1) is 13.9. The summed E-state index contributed by atoms with van der Waals surface area (Å²) < 4.78 is 8.99. The molecule has 1 aliphatic heterocycles. The van der Waals surface area contributed by atoms with E-state index >= 15 is 0 Å². The largest absolute Gasteiger partial charge is 0.465 e. The van der Waals surface area contributed by atoms with Crippen LogP contribution < -0.4 is 16.1 Å². The van der Waals surface area contributed by atoms with Crippen LogP contribution in [0.15, 0.2) is 33.9 Å². The average molecular weight is 397 g/mol. The third-order valence-corrected chi connectivity index (χ3v) is 5.22. The number of benzene rings is 1. The molecule has 1 aromatic carbocycles. The van der Waals surface area contributed by atoms with Crippen molar-refractivity contribution in [3.05, 3.63) is 50.7 Å². The van der Waals surface area contributed by atoms with Crippen LogP contribution in [0.4, 0.5) is 11.6 Å². The van der Waals surface area contributed by atoms with Gasteiger partial charge >= 0.3 is 11.7 Å². The molecule has 152 valence electrons. The smallest absolute Gasteiger partial charge is 0.333 e. The summed E-state index contributed by atoms with van der Waals surface area (Å²) in [4.78, 5) is 44.5. The SMILES string of the molecule is CCOC(=O)Cn1c(=O)c2c(nc3n2CCCN3c2ccccc2C)n(C)c1=O. The van der Waals surface area contributed by atoms with E-state index in [4.69, 9.17) is 4.74 Å². The first-order valence-corrected chi connectivity index (χ1v) is 9.63. The number of fused-ring (bicyclic) bond motifs is 3. The van der Waals surface area contributed by atoms with E-state index in [0.29, 0.717) is 23.7 Å². The van der Waals surface area contributed by atoms with Crippen molar-refractivity contribution in [1.29, 1.82) is 0 Å². The molecule has 1 aliphatic rings. The molecule has 0 saturated carbocycles. The van der Waals surface area contributed by atoms with E-state index in [2.05, 4.69) is 9.88 Å². The Bertz CT molecular complexity index is 1220. The molecule has 0 bridgehead atoms. The van der Waals surface area contributed by atoms with Crippen LogP contribution in [-0.4, -0.2) is 37.8 Å². The second-order valence-electron chi connectivity index (χ2n) is 7.07. The number of rotatable bonds is 4. The van der Waals surface area contributed by atoms with Gasteiger partial charge in [0.15, 0.2) is 11.2 Å². The Morgan fingerprint density at radius 1 is 1.21 bits per heavy atom. The van der Waals surface area contributed by atoms with Gasteiger partial charge in [0.05, 0.1) is 6.61 Å². The molecule has 9 heteroatoms. The van der Waals surface area contributed by atoms with Gasteiger partial charge in [0.25, 0.3) is 5.56 Å². The Labute approximate surface area is 166 Å². The molecular weight excluding hydrogens is 374 g/mol. The number of aryl methyl sites for hydroxylation is 3. The second-order valence-corrected chi connectivity index (χ2v) is 7.07. The fourth-order valence-electron chi connectivity index (χ4n) is 3.83. The molecule has 3 aromatic rings. The monoisotopic (exact) mass is 397 g/mol. The van der Waals surface area contributed by atoms with Crippen LogP contribution in [0.3, 0.4) is 0 Å². The number of hydrogen-bond acceptors (Lipinski definition) is 6. The summed E-state index contributed by atoms with van der Waals surface area (Å²) in [5.74, 6) is 0.00695. The summed E-state index contributed by atoms with van der Waals surface area (Å²) in [6, 6.07) is 7.98. The van der Waals surface area contributed by atoms with Crippen LogP contribution in [0.5, 0.6) is 0 Å². The molecule has 4 rings (SSSR count). The molecule has 0 radical (unpaired) electrons. The molecule has 0 aliphatic carbocycles. The van der Waals surface area contributed by atoms with Gasteiger partial charge in [0.2, 0.25) is 5.95 Å². The highest BCUT2D eigenvalue weighted by Crippen LogP contribution is 2.32. The van der Waals surface area contributed by atoms with Crippen LogP contribution in [0.25, 0.3) is 11.2 Å². The summed E-state index contributed by atoms with van der Waals surface area (Å²) >= 11 is 0. The number of para-hydroxylation sites is 1. The molecule has 2 aromatic heterocycles. The Hall–Kier alpha value is -3.36. The number of anilines is 2. The topological polar surface area (TPSA) is 91.4 Å². The lowest BCUT2D eigenvalue weighted by Crippen LogP contribution is -2.41. The Balaban J connectivity index is 1.93. The van der Waals surface area contributed by atoms with Crippen LogP contribution in [-0.2, 0) is 29.7 Å². The lowest BCUT2D eigenvalue weighted by molar-refractivity contribution is -0.143.